The lowest BCUT2D eigenvalue weighted by molar-refractivity contribution is 1.11. The average molecular weight is 1130 g/mol. The van der Waals surface area contributed by atoms with E-state index in [0.29, 0.717) is 0 Å². The number of nitrogens with zero attached hydrogens (tertiary/aromatic N) is 10. The largest absolute Gasteiger partial charge is 0.309 e. The molecule has 15 aromatic rings. The summed E-state index contributed by atoms with van der Waals surface area (Å²) >= 11 is 5.64. The van der Waals surface area contributed by atoms with E-state index in [9.17, 15) is 0 Å². The third kappa shape index (κ3) is 7.84. The smallest absolute Gasteiger partial charge is 0.143 e. The number of hydrogen-bond donors (Lipinski definition) is 0. The molecule has 0 N–H and O–H groups in total. The molecule has 0 radical (unpaired) electrons. The molecule has 15 rings (SSSR count). The van der Waals surface area contributed by atoms with Crippen molar-refractivity contribution in [1.82, 2.24) is 46.6 Å². The molecule has 0 saturated heterocycles. The number of rotatable bonds is 10. The van der Waals surface area contributed by atoms with Gasteiger partial charge in [0.15, 0.2) is 0 Å². The maximum atomic E-state index is 4.53. The summed E-state index contributed by atoms with van der Waals surface area (Å²) in [6, 6.07) is 58.1. The molecule has 14 heteroatoms. The Morgan fingerprint density at radius 3 is 0.780 bits per heavy atom. The van der Waals surface area contributed by atoms with Gasteiger partial charge in [0.2, 0.25) is 0 Å². The molecule has 0 aliphatic carbocycles. The Bertz CT molecular complexity index is 4400. The summed E-state index contributed by atoms with van der Waals surface area (Å²) in [5.74, 6) is 0. The summed E-state index contributed by atoms with van der Waals surface area (Å²) in [7, 11) is 0. The molecule has 0 aliphatic heterocycles. The van der Waals surface area contributed by atoms with Gasteiger partial charge in [0.25, 0.3) is 0 Å². The lowest BCUT2D eigenvalue weighted by Crippen LogP contribution is -2.07. The van der Waals surface area contributed by atoms with Crippen molar-refractivity contribution in [2.75, 3.05) is 0 Å². The van der Waals surface area contributed by atoms with Crippen LogP contribution in [-0.4, -0.2) is 46.6 Å². The van der Waals surface area contributed by atoms with Crippen LogP contribution in [0.3, 0.4) is 0 Å². The summed E-state index contributed by atoms with van der Waals surface area (Å²) in [5, 5.41) is 8.43. The molecule has 0 bridgehead atoms. The summed E-state index contributed by atoms with van der Waals surface area (Å²) in [6.07, 6.45) is 6.50. The Labute approximate surface area is 489 Å². The molecule has 0 atom stereocenters. The summed E-state index contributed by atoms with van der Waals surface area (Å²) in [6.45, 7) is 13.8. The number of fused-ring (bicyclic) bond motifs is 7. The maximum absolute atomic E-state index is 4.53. The van der Waals surface area contributed by atoms with Gasteiger partial charge in [0.05, 0.1) is 33.4 Å². The Morgan fingerprint density at radius 2 is 0.524 bits per heavy atom. The number of hydrogen-bond acceptors (Lipinski definition) is 12. The second-order valence-corrected chi connectivity index (χ2v) is 23.9. The summed E-state index contributed by atoms with van der Waals surface area (Å²) in [4.78, 5) is 18.1. The molecular weight excluding hydrogens is 1090 g/mol. The Hall–Kier alpha value is -9.18. The molecule has 6 aromatic heterocycles. The maximum Gasteiger partial charge on any atom is 0.143 e. The highest BCUT2D eigenvalue weighted by molar-refractivity contribution is 7.09. The van der Waals surface area contributed by atoms with E-state index in [1.165, 1.54) is 135 Å². The first kappa shape index (κ1) is 49.8. The van der Waals surface area contributed by atoms with E-state index < -0.39 is 0 Å². The zero-order chi connectivity index (χ0) is 55.3. The van der Waals surface area contributed by atoms with Gasteiger partial charge in [0, 0.05) is 43.8 Å². The van der Waals surface area contributed by atoms with Crippen molar-refractivity contribution in [3.05, 3.63) is 216 Å². The monoisotopic (exact) mass is 1130 g/mol. The third-order valence-electron chi connectivity index (χ3n) is 16.5. The molecule has 0 aliphatic rings. The Kier molecular flexibility index (Phi) is 12.0. The molecule has 394 valence electrons. The number of benzene rings is 9. The zero-order valence-electron chi connectivity index (χ0n) is 45.4. The van der Waals surface area contributed by atoms with Gasteiger partial charge in [-0.25, -0.2) is 19.9 Å². The highest BCUT2D eigenvalue weighted by Crippen LogP contribution is 2.50. The number of aromatic nitrogens is 10. The molecule has 9 aromatic carbocycles. The van der Waals surface area contributed by atoms with E-state index >= 15 is 0 Å². The summed E-state index contributed by atoms with van der Waals surface area (Å²) < 4.78 is 22.3. The number of para-hydroxylation sites is 2. The Morgan fingerprint density at radius 1 is 0.268 bits per heavy atom. The SMILES string of the molecule is Cc1c(-c2ccc(-c3ncns3)cc2)c(C)c(-n2c3ccccc3c3c4c5ccccc5n(-c5c(C)c(-c6ccc(-c7ncns7)cc6)c(C)c(-c6ccc(-c7ncns7)cc6)c5C)c4ccc32)c(C)c1-c1ccc(-c2ncns2)cc1. The minimum atomic E-state index is 0.902. The van der Waals surface area contributed by atoms with E-state index in [4.69, 9.17) is 0 Å². The molecule has 0 fully saturated rings. The molecule has 0 unspecified atom stereocenters. The van der Waals surface area contributed by atoms with Crippen LogP contribution in [0.5, 0.6) is 0 Å². The van der Waals surface area contributed by atoms with Crippen molar-refractivity contribution >= 4 is 89.7 Å². The van der Waals surface area contributed by atoms with E-state index in [-0.39, 0.29) is 0 Å². The quantitative estimate of drug-likeness (QED) is 0.133. The van der Waals surface area contributed by atoms with Gasteiger partial charge in [-0.05, 0) is 190 Å². The molecule has 6 heterocycles. The molecule has 0 saturated carbocycles. The van der Waals surface area contributed by atoms with Gasteiger partial charge >= 0.3 is 0 Å². The van der Waals surface area contributed by atoms with Crippen LogP contribution in [-0.2, 0) is 0 Å². The second-order valence-electron chi connectivity index (χ2n) is 20.8. The molecule has 0 amide bonds. The lowest BCUT2D eigenvalue weighted by atomic mass is 9.84. The van der Waals surface area contributed by atoms with Crippen molar-refractivity contribution in [2.45, 2.75) is 41.5 Å². The molecule has 82 heavy (non-hydrogen) atoms. The van der Waals surface area contributed by atoms with Crippen LogP contribution in [0, 0.1) is 41.5 Å². The standard InChI is InChI=1S/C68H48N10S4/c1-37-57(43-15-23-47(24-16-43)65-69-33-73-79-65)39(3)63(40(4)58(37)44-17-25-48(26-18-44)66-70-34-74-80-66)77-53-13-9-7-11-51(53)61-55(77)31-32-56-62(61)52-12-8-10-14-54(52)78(56)64-41(5)59(45-19-27-49(28-20-45)67-71-35-75-81-67)38(2)60(42(64)6)46-21-29-50(30-22-46)68-72-36-76-82-68/h7-36H,1-6H3. The summed E-state index contributed by atoms with van der Waals surface area (Å²) in [5.41, 5.74) is 27.8. The van der Waals surface area contributed by atoms with Crippen molar-refractivity contribution < 1.29 is 0 Å². The van der Waals surface area contributed by atoms with Crippen LogP contribution in [0.1, 0.15) is 33.4 Å². The van der Waals surface area contributed by atoms with Gasteiger partial charge in [-0.3, -0.25) is 0 Å². The molecule has 0 spiro atoms. The third-order valence-corrected chi connectivity index (χ3v) is 19.3. The fraction of sp³-hybridized carbons (Fsp3) is 0.0882. The fourth-order valence-corrected chi connectivity index (χ4v) is 15.3. The second kappa shape index (κ2) is 19.8. The van der Waals surface area contributed by atoms with Gasteiger partial charge in [-0.2, -0.15) is 17.5 Å². The topological polar surface area (TPSA) is 113 Å². The van der Waals surface area contributed by atoms with Gasteiger partial charge in [-0.1, -0.05) is 133 Å². The van der Waals surface area contributed by atoms with Crippen LogP contribution in [0.4, 0.5) is 0 Å². The van der Waals surface area contributed by atoms with Gasteiger partial charge in [0.1, 0.15) is 45.3 Å². The van der Waals surface area contributed by atoms with Crippen molar-refractivity contribution in [3.63, 3.8) is 0 Å². The van der Waals surface area contributed by atoms with Crippen molar-refractivity contribution in [1.29, 1.82) is 0 Å². The predicted octanol–water partition coefficient (Wildman–Crippen LogP) is 18.5. The lowest BCUT2D eigenvalue weighted by Gasteiger charge is -2.25. The minimum Gasteiger partial charge on any atom is -0.309 e. The highest BCUT2D eigenvalue weighted by atomic mass is 32.1. The molecular formula is C68H48N10S4. The molecule has 10 nitrogen and oxygen atoms in total. The zero-order valence-corrected chi connectivity index (χ0v) is 48.7. The van der Waals surface area contributed by atoms with Crippen LogP contribution < -0.4 is 0 Å². The Balaban J connectivity index is 0.992. The average Bonchev–Trinajstić information content (AvgIpc) is 3.38. The van der Waals surface area contributed by atoms with E-state index in [1.807, 2.05) is 0 Å². The predicted molar refractivity (Wildman–Crippen MR) is 341 cm³/mol. The first-order valence-corrected chi connectivity index (χ1v) is 30.0. The fourth-order valence-electron chi connectivity index (χ4n) is 13.1. The van der Waals surface area contributed by atoms with Crippen LogP contribution in [0.2, 0.25) is 0 Å². The first-order chi connectivity index (χ1) is 40.2. The van der Waals surface area contributed by atoms with E-state index in [1.54, 1.807) is 25.3 Å². The van der Waals surface area contributed by atoms with Crippen LogP contribution >= 0.6 is 46.1 Å². The minimum absolute atomic E-state index is 0.902. The van der Waals surface area contributed by atoms with E-state index in [2.05, 4.69) is 246 Å². The highest BCUT2D eigenvalue weighted by Gasteiger charge is 2.29. The van der Waals surface area contributed by atoms with E-state index in [0.717, 1.165) is 86.6 Å². The van der Waals surface area contributed by atoms with Gasteiger partial charge < -0.3 is 9.13 Å². The van der Waals surface area contributed by atoms with Gasteiger partial charge in [-0.15, -0.1) is 0 Å². The first-order valence-electron chi connectivity index (χ1n) is 26.9. The van der Waals surface area contributed by atoms with Crippen LogP contribution in [0.15, 0.2) is 183 Å². The van der Waals surface area contributed by atoms with Crippen molar-refractivity contribution in [2.24, 2.45) is 0 Å². The normalized spacial score (nSPS) is 11.8. The van der Waals surface area contributed by atoms with Crippen LogP contribution in [0.25, 0.3) is 142 Å². The van der Waals surface area contributed by atoms with Crippen molar-refractivity contribution in [3.8, 4) is 98.2 Å².